The standard InChI is InChI=1S/C11H18N4/c1-10(2)15(7-4-6-12)9-11-5-8-14(3)13-11/h5,8,10H,4,7,9H2,1-3H3. The van der Waals surface area contributed by atoms with Crippen molar-refractivity contribution in [1.82, 2.24) is 14.7 Å². The summed E-state index contributed by atoms with van der Waals surface area (Å²) in [6, 6.07) is 4.64. The highest BCUT2D eigenvalue weighted by Gasteiger charge is 2.10. The van der Waals surface area contributed by atoms with Crippen LogP contribution in [0.3, 0.4) is 0 Å². The summed E-state index contributed by atoms with van der Waals surface area (Å²) in [5.74, 6) is 0. The van der Waals surface area contributed by atoms with E-state index >= 15 is 0 Å². The first-order valence-corrected chi connectivity index (χ1v) is 5.23. The summed E-state index contributed by atoms with van der Waals surface area (Å²) < 4.78 is 1.80. The van der Waals surface area contributed by atoms with Crippen LogP contribution in [-0.2, 0) is 13.6 Å². The lowest BCUT2D eigenvalue weighted by molar-refractivity contribution is 0.215. The molecule has 0 fully saturated rings. The Kier molecular flexibility index (Phi) is 4.32. The maximum absolute atomic E-state index is 8.57. The SMILES string of the molecule is CC(C)N(CCC#N)Cc1ccn(C)n1. The van der Waals surface area contributed by atoms with Crippen molar-refractivity contribution >= 4 is 0 Å². The number of hydrogen-bond donors (Lipinski definition) is 0. The van der Waals surface area contributed by atoms with Gasteiger partial charge in [-0.2, -0.15) is 10.4 Å². The molecule has 0 atom stereocenters. The fourth-order valence-electron chi connectivity index (χ4n) is 1.47. The van der Waals surface area contributed by atoms with Crippen molar-refractivity contribution in [3.8, 4) is 6.07 Å². The van der Waals surface area contributed by atoms with E-state index in [1.165, 1.54) is 0 Å². The highest BCUT2D eigenvalue weighted by molar-refractivity contribution is 4.98. The Hall–Kier alpha value is -1.34. The van der Waals surface area contributed by atoms with Crippen LogP contribution in [0.15, 0.2) is 12.3 Å². The average Bonchev–Trinajstić information content (AvgIpc) is 2.58. The molecule has 0 N–H and O–H groups in total. The van der Waals surface area contributed by atoms with Crippen LogP contribution in [-0.4, -0.2) is 27.3 Å². The fourth-order valence-corrected chi connectivity index (χ4v) is 1.47. The van der Waals surface area contributed by atoms with E-state index in [0.29, 0.717) is 12.5 Å². The average molecular weight is 206 g/mol. The van der Waals surface area contributed by atoms with Crippen molar-refractivity contribution in [2.45, 2.75) is 32.9 Å². The lowest BCUT2D eigenvalue weighted by Gasteiger charge is -2.24. The minimum absolute atomic E-state index is 0.445. The van der Waals surface area contributed by atoms with E-state index in [4.69, 9.17) is 5.26 Å². The summed E-state index contributed by atoms with van der Waals surface area (Å²) in [7, 11) is 1.92. The Morgan fingerprint density at radius 2 is 2.33 bits per heavy atom. The highest BCUT2D eigenvalue weighted by atomic mass is 15.3. The molecule has 0 spiro atoms. The van der Waals surface area contributed by atoms with Gasteiger partial charge in [0.25, 0.3) is 0 Å². The molecule has 0 aliphatic rings. The maximum Gasteiger partial charge on any atom is 0.0764 e. The normalized spacial score (nSPS) is 10.9. The van der Waals surface area contributed by atoms with Gasteiger partial charge in [-0.25, -0.2) is 0 Å². The Bertz CT molecular complexity index is 335. The third kappa shape index (κ3) is 3.72. The smallest absolute Gasteiger partial charge is 0.0764 e. The molecule has 1 heterocycles. The number of aryl methyl sites for hydroxylation is 1. The van der Waals surface area contributed by atoms with Crippen molar-refractivity contribution in [2.75, 3.05) is 6.54 Å². The monoisotopic (exact) mass is 206 g/mol. The summed E-state index contributed by atoms with van der Waals surface area (Å²) in [4.78, 5) is 2.26. The molecule has 82 valence electrons. The van der Waals surface area contributed by atoms with Gasteiger partial charge in [0.15, 0.2) is 0 Å². The molecule has 0 aliphatic heterocycles. The number of hydrogen-bond acceptors (Lipinski definition) is 3. The second kappa shape index (κ2) is 5.52. The first kappa shape index (κ1) is 11.7. The molecule has 4 heteroatoms. The Balaban J connectivity index is 2.55. The molecule has 1 rings (SSSR count). The van der Waals surface area contributed by atoms with Gasteiger partial charge in [-0.15, -0.1) is 0 Å². The summed E-state index contributed by atoms with van der Waals surface area (Å²) >= 11 is 0. The van der Waals surface area contributed by atoms with Crippen LogP contribution in [0, 0.1) is 11.3 Å². The van der Waals surface area contributed by atoms with Crippen molar-refractivity contribution in [3.05, 3.63) is 18.0 Å². The van der Waals surface area contributed by atoms with Crippen LogP contribution in [0.5, 0.6) is 0 Å². The van der Waals surface area contributed by atoms with Crippen LogP contribution in [0.4, 0.5) is 0 Å². The molecule has 0 unspecified atom stereocenters. The molecule has 15 heavy (non-hydrogen) atoms. The summed E-state index contributed by atoms with van der Waals surface area (Å²) in [5, 5.41) is 12.9. The molecule has 0 saturated heterocycles. The lowest BCUT2D eigenvalue weighted by Crippen LogP contribution is -2.31. The molecule has 0 aromatic carbocycles. The molecule has 0 radical (unpaired) electrons. The van der Waals surface area contributed by atoms with E-state index in [-0.39, 0.29) is 0 Å². The van der Waals surface area contributed by atoms with E-state index in [2.05, 4.69) is 29.9 Å². The zero-order valence-electron chi connectivity index (χ0n) is 9.64. The fraction of sp³-hybridized carbons (Fsp3) is 0.636. The van der Waals surface area contributed by atoms with Gasteiger partial charge >= 0.3 is 0 Å². The molecule has 4 nitrogen and oxygen atoms in total. The minimum atomic E-state index is 0.445. The van der Waals surface area contributed by atoms with Gasteiger partial charge in [-0.05, 0) is 19.9 Å². The van der Waals surface area contributed by atoms with Gasteiger partial charge in [0.2, 0.25) is 0 Å². The lowest BCUT2D eigenvalue weighted by atomic mass is 10.2. The quantitative estimate of drug-likeness (QED) is 0.734. The number of nitrogens with zero attached hydrogens (tertiary/aromatic N) is 4. The van der Waals surface area contributed by atoms with E-state index in [1.807, 2.05) is 19.3 Å². The van der Waals surface area contributed by atoms with Gasteiger partial charge in [0.05, 0.1) is 11.8 Å². The summed E-state index contributed by atoms with van der Waals surface area (Å²) in [6.07, 6.45) is 2.52. The van der Waals surface area contributed by atoms with Crippen LogP contribution >= 0.6 is 0 Å². The minimum Gasteiger partial charge on any atom is -0.294 e. The first-order chi connectivity index (χ1) is 7.13. The predicted octanol–water partition coefficient (Wildman–Crippen LogP) is 1.54. The van der Waals surface area contributed by atoms with Gasteiger partial charge in [-0.3, -0.25) is 9.58 Å². The molecule has 0 saturated carbocycles. The predicted molar refractivity (Wildman–Crippen MR) is 59.0 cm³/mol. The topological polar surface area (TPSA) is 44.9 Å². The molecule has 1 aromatic rings. The van der Waals surface area contributed by atoms with Crippen molar-refractivity contribution < 1.29 is 0 Å². The van der Waals surface area contributed by atoms with Crippen molar-refractivity contribution in [3.63, 3.8) is 0 Å². The van der Waals surface area contributed by atoms with E-state index in [9.17, 15) is 0 Å². The first-order valence-electron chi connectivity index (χ1n) is 5.23. The van der Waals surface area contributed by atoms with Crippen molar-refractivity contribution in [2.24, 2.45) is 7.05 Å². The summed E-state index contributed by atoms with van der Waals surface area (Å²) in [5.41, 5.74) is 1.06. The van der Waals surface area contributed by atoms with Crippen LogP contribution in [0.2, 0.25) is 0 Å². The van der Waals surface area contributed by atoms with Crippen LogP contribution in [0.1, 0.15) is 26.0 Å². The molecule has 1 aromatic heterocycles. The Morgan fingerprint density at radius 1 is 1.60 bits per heavy atom. The number of rotatable bonds is 5. The summed E-state index contributed by atoms with van der Waals surface area (Å²) in [6.45, 7) is 5.91. The van der Waals surface area contributed by atoms with Gasteiger partial charge in [-0.1, -0.05) is 0 Å². The Morgan fingerprint density at radius 3 is 2.80 bits per heavy atom. The third-order valence-corrected chi connectivity index (χ3v) is 2.38. The van der Waals surface area contributed by atoms with Gasteiger partial charge < -0.3 is 0 Å². The number of aromatic nitrogens is 2. The van der Waals surface area contributed by atoms with E-state index < -0.39 is 0 Å². The maximum atomic E-state index is 8.57. The molecular formula is C11H18N4. The second-order valence-corrected chi connectivity index (χ2v) is 3.95. The van der Waals surface area contributed by atoms with Gasteiger partial charge in [0, 0.05) is 38.8 Å². The Labute approximate surface area is 91.1 Å². The largest absolute Gasteiger partial charge is 0.294 e. The molecule has 0 bridgehead atoms. The van der Waals surface area contributed by atoms with Crippen molar-refractivity contribution in [1.29, 1.82) is 5.26 Å². The third-order valence-electron chi connectivity index (χ3n) is 2.38. The second-order valence-electron chi connectivity index (χ2n) is 3.95. The van der Waals surface area contributed by atoms with Crippen LogP contribution in [0.25, 0.3) is 0 Å². The van der Waals surface area contributed by atoms with Gasteiger partial charge in [0.1, 0.15) is 0 Å². The van der Waals surface area contributed by atoms with E-state index in [0.717, 1.165) is 18.8 Å². The van der Waals surface area contributed by atoms with Crippen LogP contribution < -0.4 is 0 Å². The highest BCUT2D eigenvalue weighted by Crippen LogP contribution is 2.06. The van der Waals surface area contributed by atoms with E-state index in [1.54, 1.807) is 4.68 Å². The zero-order valence-corrected chi connectivity index (χ0v) is 9.64. The molecule has 0 aliphatic carbocycles. The molecular weight excluding hydrogens is 188 g/mol. The number of nitriles is 1. The zero-order chi connectivity index (χ0) is 11.3. The molecule has 0 amide bonds.